The van der Waals surface area contributed by atoms with Gasteiger partial charge in [-0.15, -0.1) is 11.3 Å². The Morgan fingerprint density at radius 2 is 1.90 bits per heavy atom. The van der Waals surface area contributed by atoms with Gasteiger partial charge in [0.2, 0.25) is 10.0 Å². The second-order valence-electron chi connectivity index (χ2n) is 4.46. The lowest BCUT2D eigenvalue weighted by atomic mass is 10.1. The highest BCUT2D eigenvalue weighted by Crippen LogP contribution is 2.13. The highest BCUT2D eigenvalue weighted by Gasteiger charge is 2.12. The van der Waals surface area contributed by atoms with Crippen molar-refractivity contribution in [3.8, 4) is 0 Å². The van der Waals surface area contributed by atoms with Crippen LogP contribution in [0.15, 0.2) is 29.8 Å². The minimum absolute atomic E-state index is 0.0320. The molecule has 2 rings (SSSR count). The molecule has 0 spiro atoms. The molecule has 20 heavy (non-hydrogen) atoms. The lowest BCUT2D eigenvalue weighted by molar-refractivity contribution is 0.581. The second kappa shape index (κ2) is 6.45. The number of nitrogens with two attached hydrogens (primary N) is 1. The fraction of sp³-hybridized carbons (Fsp3) is 0.308. The molecule has 3 N–H and O–H groups in total. The van der Waals surface area contributed by atoms with Crippen LogP contribution in [0.3, 0.4) is 0 Å². The number of nitrogens with one attached hydrogen (secondary N) is 1. The summed E-state index contributed by atoms with van der Waals surface area (Å²) in [5.74, 6) is -0.0320. The van der Waals surface area contributed by atoms with Crippen LogP contribution in [-0.4, -0.2) is 13.4 Å². The highest BCUT2D eigenvalue weighted by molar-refractivity contribution is 7.88. The van der Waals surface area contributed by atoms with Crippen molar-refractivity contribution >= 4 is 21.4 Å². The van der Waals surface area contributed by atoms with Gasteiger partial charge in [0.25, 0.3) is 0 Å². The van der Waals surface area contributed by atoms with Crippen LogP contribution >= 0.6 is 11.3 Å². The number of rotatable bonds is 6. The lowest BCUT2D eigenvalue weighted by Gasteiger charge is -2.07. The molecule has 108 valence electrons. The maximum atomic E-state index is 12.0. The molecule has 0 aliphatic heterocycles. The Balaban J connectivity index is 1.98. The number of sulfonamides is 1. The van der Waals surface area contributed by atoms with Crippen molar-refractivity contribution < 1.29 is 8.42 Å². The van der Waals surface area contributed by atoms with E-state index in [4.69, 9.17) is 5.73 Å². The van der Waals surface area contributed by atoms with Crippen molar-refractivity contribution in [2.75, 3.05) is 0 Å². The van der Waals surface area contributed by atoms with Crippen LogP contribution in [0.4, 0.5) is 0 Å². The van der Waals surface area contributed by atoms with E-state index in [1.807, 2.05) is 19.1 Å². The largest absolute Gasteiger partial charge is 0.326 e. The quantitative estimate of drug-likeness (QED) is 0.847. The number of benzene rings is 1. The van der Waals surface area contributed by atoms with Gasteiger partial charge >= 0.3 is 0 Å². The molecular formula is C13H17N3O2S2. The summed E-state index contributed by atoms with van der Waals surface area (Å²) in [5, 5.41) is 0. The van der Waals surface area contributed by atoms with Gasteiger partial charge in [-0.3, -0.25) is 0 Å². The molecule has 0 aliphatic carbocycles. The molecule has 0 bridgehead atoms. The van der Waals surface area contributed by atoms with Gasteiger partial charge in [-0.1, -0.05) is 24.3 Å². The summed E-state index contributed by atoms with van der Waals surface area (Å²) < 4.78 is 26.6. The summed E-state index contributed by atoms with van der Waals surface area (Å²) in [6, 6.07) is 7.27. The minimum Gasteiger partial charge on any atom is -0.326 e. The van der Waals surface area contributed by atoms with Crippen molar-refractivity contribution in [1.29, 1.82) is 0 Å². The van der Waals surface area contributed by atoms with Crippen molar-refractivity contribution in [3.05, 3.63) is 51.5 Å². The molecule has 0 aliphatic rings. The van der Waals surface area contributed by atoms with Gasteiger partial charge in [-0.2, -0.15) is 0 Å². The van der Waals surface area contributed by atoms with Gasteiger partial charge in [0.1, 0.15) is 0 Å². The van der Waals surface area contributed by atoms with Crippen LogP contribution in [0.1, 0.15) is 21.7 Å². The van der Waals surface area contributed by atoms with Crippen LogP contribution in [0.5, 0.6) is 0 Å². The lowest BCUT2D eigenvalue weighted by Crippen LogP contribution is -2.24. The summed E-state index contributed by atoms with van der Waals surface area (Å²) in [7, 11) is -3.35. The number of hydrogen-bond acceptors (Lipinski definition) is 5. The normalized spacial score (nSPS) is 11.7. The Kier molecular flexibility index (Phi) is 4.87. The van der Waals surface area contributed by atoms with E-state index in [9.17, 15) is 8.42 Å². The van der Waals surface area contributed by atoms with Crippen molar-refractivity contribution in [2.45, 2.75) is 25.8 Å². The maximum absolute atomic E-state index is 12.0. The Labute approximate surface area is 122 Å². The first kappa shape index (κ1) is 15.1. The van der Waals surface area contributed by atoms with E-state index in [0.29, 0.717) is 13.1 Å². The molecule has 0 unspecified atom stereocenters. The second-order valence-corrected chi connectivity index (χ2v) is 7.21. The van der Waals surface area contributed by atoms with Crippen molar-refractivity contribution in [2.24, 2.45) is 5.73 Å². The van der Waals surface area contributed by atoms with E-state index in [0.717, 1.165) is 21.7 Å². The maximum Gasteiger partial charge on any atom is 0.216 e. The summed E-state index contributed by atoms with van der Waals surface area (Å²) in [6.45, 7) is 2.61. The van der Waals surface area contributed by atoms with Gasteiger partial charge in [-0.05, 0) is 18.1 Å². The molecule has 1 aromatic carbocycles. The predicted octanol–water partition coefficient (Wildman–Crippen LogP) is 1.53. The van der Waals surface area contributed by atoms with Crippen LogP contribution in [0.2, 0.25) is 0 Å². The minimum atomic E-state index is -3.35. The molecule has 0 amide bonds. The SMILES string of the molecule is Cc1ncsc1CNS(=O)(=O)Cc1ccc(CN)cc1. The number of aromatic nitrogens is 1. The zero-order valence-corrected chi connectivity index (χ0v) is 12.8. The third kappa shape index (κ3) is 4.11. The molecule has 0 saturated heterocycles. The zero-order chi connectivity index (χ0) is 14.6. The number of thiazole rings is 1. The third-order valence-corrected chi connectivity index (χ3v) is 5.15. The molecule has 0 atom stereocenters. The van der Waals surface area contributed by atoms with E-state index in [1.165, 1.54) is 11.3 Å². The first-order valence-corrected chi connectivity index (χ1v) is 8.67. The van der Waals surface area contributed by atoms with Crippen LogP contribution in [0, 0.1) is 6.92 Å². The fourth-order valence-electron chi connectivity index (χ4n) is 1.71. The Morgan fingerprint density at radius 1 is 1.25 bits per heavy atom. The van der Waals surface area contributed by atoms with E-state index in [-0.39, 0.29) is 5.75 Å². The fourth-order valence-corrected chi connectivity index (χ4v) is 3.62. The smallest absolute Gasteiger partial charge is 0.216 e. The van der Waals surface area contributed by atoms with Gasteiger partial charge in [0.05, 0.1) is 17.0 Å². The molecule has 0 saturated carbocycles. The number of aryl methyl sites for hydroxylation is 1. The summed E-state index contributed by atoms with van der Waals surface area (Å²) in [4.78, 5) is 5.03. The molecule has 5 nitrogen and oxygen atoms in total. The monoisotopic (exact) mass is 311 g/mol. The third-order valence-electron chi connectivity index (χ3n) is 2.91. The van der Waals surface area contributed by atoms with Crippen molar-refractivity contribution in [3.63, 3.8) is 0 Å². The summed E-state index contributed by atoms with van der Waals surface area (Å²) >= 11 is 1.45. The van der Waals surface area contributed by atoms with Crippen LogP contribution in [0.25, 0.3) is 0 Å². The highest BCUT2D eigenvalue weighted by atomic mass is 32.2. The molecule has 1 aromatic heterocycles. The van der Waals surface area contributed by atoms with E-state index in [1.54, 1.807) is 17.6 Å². The Bertz CT molecular complexity index is 663. The molecular weight excluding hydrogens is 294 g/mol. The first-order chi connectivity index (χ1) is 9.50. The van der Waals surface area contributed by atoms with Gasteiger partial charge in [0, 0.05) is 18.0 Å². The number of hydrogen-bond donors (Lipinski definition) is 2. The Morgan fingerprint density at radius 3 is 2.45 bits per heavy atom. The number of nitrogens with zero attached hydrogens (tertiary/aromatic N) is 1. The average Bonchev–Trinajstić information content (AvgIpc) is 2.83. The van der Waals surface area contributed by atoms with Gasteiger partial charge < -0.3 is 5.73 Å². The summed E-state index contributed by atoms with van der Waals surface area (Å²) in [5.41, 5.74) is 9.82. The van der Waals surface area contributed by atoms with Crippen molar-refractivity contribution in [1.82, 2.24) is 9.71 Å². The first-order valence-electron chi connectivity index (χ1n) is 6.14. The molecule has 1 heterocycles. The van der Waals surface area contributed by atoms with E-state index < -0.39 is 10.0 Å². The molecule has 0 fully saturated rings. The molecule has 7 heteroatoms. The predicted molar refractivity (Wildman–Crippen MR) is 80.6 cm³/mol. The molecule has 2 aromatic rings. The zero-order valence-electron chi connectivity index (χ0n) is 11.2. The molecule has 0 radical (unpaired) electrons. The van der Waals surface area contributed by atoms with E-state index >= 15 is 0 Å². The van der Waals surface area contributed by atoms with Crippen LogP contribution in [-0.2, 0) is 28.9 Å². The van der Waals surface area contributed by atoms with Gasteiger partial charge in [-0.25, -0.2) is 18.1 Å². The van der Waals surface area contributed by atoms with Crippen LogP contribution < -0.4 is 10.5 Å². The topological polar surface area (TPSA) is 85.1 Å². The standard InChI is InChI=1S/C13H17N3O2S2/c1-10-13(19-9-15-10)7-16-20(17,18)8-12-4-2-11(6-14)3-5-12/h2-5,9,16H,6-8,14H2,1H3. The van der Waals surface area contributed by atoms with E-state index in [2.05, 4.69) is 9.71 Å². The Hall–Kier alpha value is -1.28. The van der Waals surface area contributed by atoms with Gasteiger partial charge in [0.15, 0.2) is 0 Å². The average molecular weight is 311 g/mol. The summed E-state index contributed by atoms with van der Waals surface area (Å²) in [6.07, 6.45) is 0.